The smallest absolute Gasteiger partial charge is 0.377 e. The number of rotatable bonds is 71. The summed E-state index contributed by atoms with van der Waals surface area (Å²) in [7, 11) is 1.58. The van der Waals surface area contributed by atoms with E-state index in [4.69, 9.17) is 81.7 Å². The number of hydrogen-bond acceptors (Lipinski definition) is 43. The second-order valence-electron chi connectivity index (χ2n) is 29.9. The number of nitrogens with two attached hydrogens (primary N) is 1. The maximum atomic E-state index is 13.9. The van der Waals surface area contributed by atoms with E-state index >= 15 is 0 Å². The van der Waals surface area contributed by atoms with Gasteiger partial charge in [-0.1, -0.05) is 128 Å². The van der Waals surface area contributed by atoms with E-state index in [1.54, 1.807) is 7.11 Å². The van der Waals surface area contributed by atoms with Gasteiger partial charge in [0.15, 0.2) is 48.2 Å². The number of carboxylic acids is 2. The van der Waals surface area contributed by atoms with Gasteiger partial charge in [0.2, 0.25) is 36.6 Å². The number of hydrogen-bond donors (Lipinski definition) is 7. The quantitative estimate of drug-likeness (QED) is 0.0199. The van der Waals surface area contributed by atoms with Gasteiger partial charge in [-0.05, 0) is 45.3 Å². The van der Waals surface area contributed by atoms with Gasteiger partial charge in [0.05, 0.1) is 13.2 Å². The summed E-state index contributed by atoms with van der Waals surface area (Å²) in [5.41, 5.74) is 5.56. The number of carbonyl (C=O) groups is 23. The van der Waals surface area contributed by atoms with E-state index in [1.807, 2.05) is 0 Å². The lowest BCUT2D eigenvalue weighted by atomic mass is 9.96. The van der Waals surface area contributed by atoms with Gasteiger partial charge in [0.1, 0.15) is 6.61 Å². The number of methoxy groups -OCH3 is 1. The van der Waals surface area contributed by atoms with E-state index < -0.39 is 217 Å². The van der Waals surface area contributed by atoms with E-state index in [0.29, 0.717) is 71.7 Å². The molecule has 2 heterocycles. The van der Waals surface area contributed by atoms with E-state index in [2.05, 4.69) is 21.3 Å². The lowest BCUT2D eigenvalue weighted by molar-refractivity contribution is -0.229. The van der Waals surface area contributed by atoms with E-state index in [1.165, 1.54) is 83.1 Å². The van der Waals surface area contributed by atoms with Crippen LogP contribution in [0.15, 0.2) is 0 Å². The van der Waals surface area contributed by atoms with Crippen LogP contribution in [0.2, 0.25) is 0 Å². The topological polar surface area (TPSA) is 661 Å². The molecule has 0 aromatic carbocycles. The Morgan fingerprint density at radius 2 is 0.566 bits per heavy atom. The number of hydroxylamine groups is 4. The Balaban J connectivity index is 0.00000214. The molecule has 8 N–H and O–H groups in total. The minimum Gasteiger partial charge on any atom is -0.478 e. The van der Waals surface area contributed by atoms with Crippen molar-refractivity contribution >= 4 is 137 Å². The fraction of sp³-hybridized carbons (Fsp3) is 0.739. The van der Waals surface area contributed by atoms with Gasteiger partial charge >= 0.3 is 95.5 Å². The first-order valence-corrected chi connectivity index (χ1v) is 45.9. The molecule has 48 heteroatoms. The first-order valence-electron chi connectivity index (χ1n) is 45.9. The highest BCUT2D eigenvalue weighted by Gasteiger charge is 2.55. The van der Waals surface area contributed by atoms with Crippen molar-refractivity contribution in [2.45, 2.75) is 343 Å². The van der Waals surface area contributed by atoms with Gasteiger partial charge in [-0.3, -0.25) is 91.1 Å². The Hall–Kier alpha value is -11.6. The van der Waals surface area contributed by atoms with Gasteiger partial charge in [-0.2, -0.15) is 0 Å². The fourth-order valence-electron chi connectivity index (χ4n) is 11.7. The number of nitrogens with one attached hydrogen (secondary N) is 4. The summed E-state index contributed by atoms with van der Waals surface area (Å²) in [4.78, 5) is 296. The Morgan fingerprint density at radius 3 is 0.875 bits per heavy atom. The Morgan fingerprint density at radius 1 is 0.309 bits per heavy atom. The third-order valence-corrected chi connectivity index (χ3v) is 19.2. The van der Waals surface area contributed by atoms with Crippen molar-refractivity contribution < 1.29 is 196 Å². The van der Waals surface area contributed by atoms with Crippen molar-refractivity contribution in [3.8, 4) is 0 Å². The van der Waals surface area contributed by atoms with Crippen molar-refractivity contribution in [1.82, 2.24) is 31.4 Å². The molecule has 0 aromatic heterocycles. The molecule has 2 rings (SSSR count). The van der Waals surface area contributed by atoms with Crippen LogP contribution in [0, 0.1) is 0 Å². The molecule has 5 amide bonds. The zero-order chi connectivity index (χ0) is 103. The maximum Gasteiger partial charge on any atom is 0.377 e. The molecular formula is C88H139N7O41. The molecule has 12 unspecified atom stereocenters. The number of nitrogens with zero attached hydrogens (tertiary/aromatic N) is 2. The van der Waals surface area contributed by atoms with Crippen LogP contribution in [-0.2, 0) is 186 Å². The van der Waals surface area contributed by atoms with Crippen LogP contribution < -0.4 is 27.0 Å². The normalized spacial score (nSPS) is 14.8. The van der Waals surface area contributed by atoms with Crippen molar-refractivity contribution in [3.63, 3.8) is 0 Å². The van der Waals surface area contributed by atoms with Gasteiger partial charge in [0.25, 0.3) is 29.5 Å². The van der Waals surface area contributed by atoms with Crippen molar-refractivity contribution in [1.29, 1.82) is 0 Å². The largest absolute Gasteiger partial charge is 0.478 e. The molecule has 0 spiro atoms. The molecule has 2 aliphatic rings. The first-order chi connectivity index (χ1) is 64.8. The molecule has 2 aliphatic heterocycles. The standard InChI is InChI=1S/C44H81N5O13.C26H32N2O16.C18H26O12/c1-6-36(52)59-40(35(51)22-20-25-47-28-30-48-29-27-46-24-19-21-34(50)33-58-32-31-57-5)41(60-37(53)7-2)42(61-38(54)8-3)43(62-39(55)9-4)44(56)49-26-18-16-14-12-10-11-13-15-17-23-45;1-5-17(33)39-21(23(41-19(35)7-3)25(37)43-27-13(29)9-10-14(27)30)22(40-18(34)6-2)24(42-20(36)8-4)26(38)44-28-15(31)11-12-16(28)32;1-5-9(19)27-13(15(17(23)24)29-11(21)7-3)14(28-10(20)6-2)16(18(25)26)30-12(22)8-4/h40-43,46-48H,6-33,45H2,1-5H3,(H,49,56);21-24H,5-12H2,1-4H3;13-16H,5-8H2,1-4H3,(H,23,24)(H,25,26). The molecule has 2 saturated heterocycles. The van der Waals surface area contributed by atoms with Crippen LogP contribution in [0.4, 0.5) is 0 Å². The minimum atomic E-state index is -2.44. The van der Waals surface area contributed by atoms with Crippen molar-refractivity contribution in [2.75, 3.05) is 79.3 Å². The third-order valence-electron chi connectivity index (χ3n) is 19.2. The monoisotopic (exact) mass is 1950 g/mol. The lowest BCUT2D eigenvalue weighted by Crippen LogP contribution is -2.58. The number of carbonyl (C=O) groups excluding carboxylic acids is 21. The average Bonchev–Trinajstić information content (AvgIpc) is 1.85. The number of amides is 5. The van der Waals surface area contributed by atoms with E-state index in [0.717, 1.165) is 64.3 Å². The summed E-state index contributed by atoms with van der Waals surface area (Å²) in [6.07, 6.45) is -19.4. The Bertz CT molecular complexity index is 3680. The molecule has 48 nitrogen and oxygen atoms in total. The van der Waals surface area contributed by atoms with Crippen LogP contribution in [0.5, 0.6) is 0 Å². The molecular weight excluding hydrogens is 1810 g/mol. The molecule has 136 heavy (non-hydrogen) atoms. The van der Waals surface area contributed by atoms with Crippen LogP contribution in [0.3, 0.4) is 0 Å². The Kier molecular flexibility index (Phi) is 66.5. The molecule has 0 aromatic rings. The second-order valence-corrected chi connectivity index (χ2v) is 29.9. The summed E-state index contributed by atoms with van der Waals surface area (Å²) in [5, 5.41) is 31.8. The molecule has 0 bridgehead atoms. The van der Waals surface area contributed by atoms with Crippen LogP contribution in [0.25, 0.3) is 0 Å². The maximum absolute atomic E-state index is 13.9. The summed E-state index contributed by atoms with van der Waals surface area (Å²) < 4.78 is 73.1. The summed E-state index contributed by atoms with van der Waals surface area (Å²) in [6, 6.07) is 0. The SMILES string of the molecule is CCC(=O)OC(C(=O)CCCNCCNCCNCCCC(=O)COCCOC)C(OC(=O)CC)C(OC(=O)CC)C(OC(=O)CC)C(=O)NCCCCCCCCCCCN.CCC(=O)OC(C(=O)O)C(OC(=O)CC)C(OC(=O)CC)C(OC(=O)CC)C(=O)O.CCC(=O)OC(C(=O)ON1C(=O)CCC1=O)C(OC(=O)CC)C(OC(=O)CC)C(OC(=O)CC)C(=O)ON1C(=O)CCC1=O. The number of unbranched alkanes of at least 4 members (excludes halogenated alkanes) is 8. The van der Waals surface area contributed by atoms with Gasteiger partial charge in [-0.15, -0.1) is 10.1 Å². The van der Waals surface area contributed by atoms with E-state index in [-0.39, 0.29) is 125 Å². The van der Waals surface area contributed by atoms with Crippen LogP contribution in [-0.4, -0.2) is 309 Å². The van der Waals surface area contributed by atoms with Gasteiger partial charge < -0.3 is 113 Å². The summed E-state index contributed by atoms with van der Waals surface area (Å²) in [6.45, 7) is 22.5. The zero-order valence-electron chi connectivity index (χ0n) is 80.0. The Labute approximate surface area is 789 Å². The van der Waals surface area contributed by atoms with E-state index in [9.17, 15) is 120 Å². The second kappa shape index (κ2) is 72.7. The van der Waals surface area contributed by atoms with Crippen LogP contribution in [0.1, 0.15) is 269 Å². The van der Waals surface area contributed by atoms with Gasteiger partial charge in [-0.25, -0.2) is 19.2 Å². The molecule has 772 valence electrons. The summed E-state index contributed by atoms with van der Waals surface area (Å²) in [5.74, 6) is -23.8. The number of aliphatic carboxylic acids is 2. The molecule has 0 aliphatic carbocycles. The average molecular weight is 1950 g/mol. The molecule has 0 radical (unpaired) electrons. The van der Waals surface area contributed by atoms with Crippen molar-refractivity contribution in [3.05, 3.63) is 0 Å². The fourth-order valence-corrected chi connectivity index (χ4v) is 11.7. The number of imide groups is 2. The van der Waals surface area contributed by atoms with Crippen molar-refractivity contribution in [2.24, 2.45) is 5.73 Å². The molecule has 2 fully saturated rings. The third kappa shape index (κ3) is 50.3. The number of ether oxygens (including phenoxy) is 14. The lowest BCUT2D eigenvalue weighted by Gasteiger charge is -2.35. The highest BCUT2D eigenvalue weighted by Crippen LogP contribution is 2.29. The molecule has 12 atom stereocenters. The predicted molar refractivity (Wildman–Crippen MR) is 465 cm³/mol. The predicted octanol–water partition coefficient (Wildman–Crippen LogP) is 2.92. The zero-order valence-corrected chi connectivity index (χ0v) is 80.0. The highest BCUT2D eigenvalue weighted by molar-refractivity contribution is 6.03. The summed E-state index contributed by atoms with van der Waals surface area (Å²) >= 11 is 0. The van der Waals surface area contributed by atoms with Gasteiger partial charge in [0, 0.05) is 155 Å². The first kappa shape index (κ1) is 124. The number of ketones is 2. The van der Waals surface area contributed by atoms with Crippen LogP contribution >= 0.6 is 0 Å². The minimum absolute atomic E-state index is 0.0586. The highest BCUT2D eigenvalue weighted by atomic mass is 16.8. The number of esters is 12. The molecule has 0 saturated carbocycles. The number of carboxylic acid groups (broad SMARTS) is 2. The number of Topliss-reactive ketones (excluding diaryl/α,β-unsaturated/α-hetero) is 2.